The van der Waals surface area contributed by atoms with Crippen LogP contribution in [0.5, 0.6) is 0 Å². The predicted octanol–water partition coefficient (Wildman–Crippen LogP) is 2.63. The number of carbonyl (C=O) groups is 5. The van der Waals surface area contributed by atoms with Crippen LogP contribution >= 0.6 is 0 Å². The van der Waals surface area contributed by atoms with Gasteiger partial charge in [0.2, 0.25) is 21.8 Å². The Bertz CT molecular complexity index is 1770. The molecule has 1 saturated heterocycles. The molecule has 5 amide bonds. The fraction of sp³-hybridized carbons (Fsp3) is 0.545. The number of sulfonamides is 1. The summed E-state index contributed by atoms with van der Waals surface area (Å²) in [6, 6.07) is 1.81. The van der Waals surface area contributed by atoms with E-state index < -0.39 is 94.0 Å². The van der Waals surface area contributed by atoms with Gasteiger partial charge < -0.3 is 25.0 Å². The lowest BCUT2D eigenvalue weighted by atomic mass is 10.0. The number of halogens is 3. The van der Waals surface area contributed by atoms with Crippen LogP contribution in [-0.2, 0) is 47.0 Å². The molecular weight excluding hydrogens is 699 g/mol. The number of cyclic esters (lactones) is 1. The topological polar surface area (TPSA) is 181 Å². The third-order valence-corrected chi connectivity index (χ3v) is 11.5. The van der Waals surface area contributed by atoms with Gasteiger partial charge in [0.25, 0.3) is 5.91 Å². The van der Waals surface area contributed by atoms with Gasteiger partial charge in [-0.1, -0.05) is 36.4 Å². The van der Waals surface area contributed by atoms with Crippen molar-refractivity contribution in [2.45, 2.75) is 93.2 Å². The maximum Gasteiger partial charge on any atom is 0.410 e. The first kappa shape index (κ1) is 36.2. The van der Waals surface area contributed by atoms with Crippen molar-refractivity contribution in [1.29, 1.82) is 0 Å². The molecular formula is C33H38F3N5O9S. The first-order valence-corrected chi connectivity index (χ1v) is 18.2. The van der Waals surface area contributed by atoms with Crippen molar-refractivity contribution in [2.24, 2.45) is 5.92 Å². The minimum Gasteiger partial charge on any atom is -0.450 e. The van der Waals surface area contributed by atoms with Crippen molar-refractivity contribution in [3.63, 3.8) is 0 Å². The third kappa shape index (κ3) is 7.99. The smallest absolute Gasteiger partial charge is 0.410 e. The van der Waals surface area contributed by atoms with Crippen LogP contribution in [0, 0.1) is 5.92 Å². The number of rotatable bonds is 7. The van der Waals surface area contributed by atoms with Crippen molar-refractivity contribution in [3.8, 4) is 0 Å². The molecule has 5 aliphatic rings. The van der Waals surface area contributed by atoms with Gasteiger partial charge in [-0.2, -0.15) is 13.2 Å². The third-order valence-electron chi connectivity index (χ3n) is 9.71. The van der Waals surface area contributed by atoms with Gasteiger partial charge in [0.15, 0.2) is 0 Å². The van der Waals surface area contributed by atoms with Gasteiger partial charge in [-0.3, -0.25) is 24.0 Å². The number of fused-ring (bicyclic) bond motifs is 3. The van der Waals surface area contributed by atoms with Gasteiger partial charge in [-0.25, -0.2) is 18.0 Å². The Kier molecular flexibility index (Phi) is 9.82. The molecule has 5 atom stereocenters. The molecule has 51 heavy (non-hydrogen) atoms. The molecule has 18 heteroatoms. The highest BCUT2D eigenvalue weighted by molar-refractivity contribution is 7.91. The second kappa shape index (κ2) is 13.8. The summed E-state index contributed by atoms with van der Waals surface area (Å²) in [6.45, 7) is 3.39. The molecule has 2 aliphatic carbocycles. The number of carbonyl (C=O) groups excluding carboxylic acids is 5. The Morgan fingerprint density at radius 1 is 1.16 bits per heavy atom. The van der Waals surface area contributed by atoms with Crippen LogP contribution in [-0.4, -0.2) is 96.4 Å². The summed E-state index contributed by atoms with van der Waals surface area (Å²) in [5.74, 6) is -3.99. The highest BCUT2D eigenvalue weighted by Gasteiger charge is 2.62. The lowest BCUT2D eigenvalue weighted by Gasteiger charge is -2.30. The van der Waals surface area contributed by atoms with Gasteiger partial charge in [0, 0.05) is 18.9 Å². The molecule has 14 nitrogen and oxygen atoms in total. The van der Waals surface area contributed by atoms with Gasteiger partial charge in [-0.15, -0.1) is 6.58 Å². The lowest BCUT2D eigenvalue weighted by molar-refractivity contribution is -0.155. The fourth-order valence-electron chi connectivity index (χ4n) is 6.74. The lowest BCUT2D eigenvalue weighted by Crippen LogP contribution is -2.58. The molecule has 276 valence electrons. The zero-order valence-electron chi connectivity index (χ0n) is 27.4. The molecule has 1 aromatic rings. The van der Waals surface area contributed by atoms with Gasteiger partial charge in [0.05, 0.1) is 31.4 Å². The number of hydrogen-bond donors (Lipinski definition) is 3. The number of nitrogens with zero attached hydrogens (tertiary/aromatic N) is 2. The summed E-state index contributed by atoms with van der Waals surface area (Å²) >= 11 is 0. The molecule has 0 unspecified atom stereocenters. The molecule has 1 aromatic carbocycles. The number of amides is 5. The quantitative estimate of drug-likeness (QED) is 0.355. The van der Waals surface area contributed by atoms with E-state index in [9.17, 15) is 45.6 Å². The Labute approximate surface area is 291 Å². The summed E-state index contributed by atoms with van der Waals surface area (Å²) in [5.41, 5.74) is 0.885. The summed E-state index contributed by atoms with van der Waals surface area (Å²) < 4.78 is 79.1. The zero-order chi connectivity index (χ0) is 36.7. The maximum absolute atomic E-state index is 13.9. The zero-order valence-corrected chi connectivity index (χ0v) is 28.3. The second-order valence-corrected chi connectivity index (χ2v) is 15.4. The van der Waals surface area contributed by atoms with E-state index in [4.69, 9.17) is 9.47 Å². The van der Waals surface area contributed by atoms with E-state index in [1.54, 1.807) is 0 Å². The molecule has 3 fully saturated rings. The average Bonchev–Trinajstić information content (AvgIpc) is 3.95. The number of allylic oxidation sites excluding steroid dienone is 1. The highest BCUT2D eigenvalue weighted by Crippen LogP contribution is 2.45. The molecule has 3 heterocycles. The molecule has 4 bridgehead atoms. The predicted molar refractivity (Wildman–Crippen MR) is 173 cm³/mol. The number of ether oxygens (including phenoxy) is 2. The number of nitrogens with one attached hydrogen (secondary N) is 3. The van der Waals surface area contributed by atoms with Gasteiger partial charge >= 0.3 is 18.4 Å². The largest absolute Gasteiger partial charge is 0.450 e. The van der Waals surface area contributed by atoms with Crippen molar-refractivity contribution in [1.82, 2.24) is 25.2 Å². The van der Waals surface area contributed by atoms with Crippen LogP contribution in [0.3, 0.4) is 0 Å². The van der Waals surface area contributed by atoms with Crippen molar-refractivity contribution in [3.05, 3.63) is 53.6 Å². The first-order chi connectivity index (χ1) is 24.1. The van der Waals surface area contributed by atoms with Crippen LogP contribution in [0.4, 0.5) is 22.8 Å². The SMILES string of the molecule is C=C[C@@H]1C[C@]1(NC(=O)[C@@H]1C[C@@H]2CN1C(=O)[C@H](CC(F)(F)F)NC(=O)OCCC/C=C/c1cccc3c1CN(C3)C(=O)O2)C(=O)NS(=O)(=O)C1CC1. The van der Waals surface area contributed by atoms with E-state index in [0.717, 1.165) is 21.6 Å². The van der Waals surface area contributed by atoms with E-state index in [1.807, 2.05) is 40.4 Å². The fourth-order valence-corrected chi connectivity index (χ4v) is 8.10. The Morgan fingerprint density at radius 3 is 2.61 bits per heavy atom. The average molecular weight is 738 g/mol. The van der Waals surface area contributed by atoms with Crippen LogP contribution < -0.4 is 15.4 Å². The molecule has 3 N–H and O–H groups in total. The standard InChI is InChI=1S/C33H38F3N5O9S/c1-2-21-14-32(21,29(44)39-51(47,48)23-10-11-23)38-27(42)26-13-22-17-41(26)28(43)25(15-33(34,35)36)37-30(45)49-12-5-3-4-7-19-8-6-9-20-16-40(18-24(19)20)31(46)50-22/h2,4,6-9,21-23,25-26H,1,3,5,10-18H2,(H,37,45)(H,38,42)(H,39,44)/b7-4+/t21-,22-,25+,26+,32-/m1/s1. The first-order valence-electron chi connectivity index (χ1n) is 16.6. The molecule has 0 radical (unpaired) electrons. The minimum absolute atomic E-state index is 0.0237. The summed E-state index contributed by atoms with van der Waals surface area (Å²) in [5, 5.41) is 3.75. The van der Waals surface area contributed by atoms with Crippen molar-refractivity contribution >= 4 is 46.0 Å². The molecule has 3 aliphatic heterocycles. The van der Waals surface area contributed by atoms with Crippen LogP contribution in [0.1, 0.15) is 61.6 Å². The second-order valence-electron chi connectivity index (χ2n) is 13.5. The van der Waals surface area contributed by atoms with Crippen molar-refractivity contribution in [2.75, 3.05) is 13.2 Å². The molecule has 0 spiro atoms. The monoisotopic (exact) mass is 737 g/mol. The van der Waals surface area contributed by atoms with Gasteiger partial charge in [0.1, 0.15) is 23.7 Å². The minimum atomic E-state index is -4.93. The Morgan fingerprint density at radius 2 is 1.92 bits per heavy atom. The number of alkyl halides is 3. The van der Waals surface area contributed by atoms with Crippen LogP contribution in [0.2, 0.25) is 0 Å². The summed E-state index contributed by atoms with van der Waals surface area (Å²) in [7, 11) is -4.01. The summed E-state index contributed by atoms with van der Waals surface area (Å²) in [4.78, 5) is 69.2. The van der Waals surface area contributed by atoms with Gasteiger partial charge in [-0.05, 0) is 48.8 Å². The molecule has 6 rings (SSSR count). The Balaban J connectivity index is 1.27. The van der Waals surface area contributed by atoms with E-state index in [1.165, 1.54) is 11.0 Å². The van der Waals surface area contributed by atoms with Crippen LogP contribution in [0.15, 0.2) is 36.9 Å². The number of alkyl carbamates (subject to hydrolysis) is 1. The number of hydrogen-bond acceptors (Lipinski definition) is 9. The molecule has 2 saturated carbocycles. The summed E-state index contributed by atoms with van der Waals surface area (Å²) in [6.07, 6.45) is -3.75. The van der Waals surface area contributed by atoms with Crippen LogP contribution in [0.25, 0.3) is 6.08 Å². The maximum atomic E-state index is 13.9. The van der Waals surface area contributed by atoms with E-state index >= 15 is 0 Å². The van der Waals surface area contributed by atoms with E-state index in [2.05, 4.69) is 11.9 Å². The van der Waals surface area contributed by atoms with E-state index in [0.29, 0.717) is 25.7 Å². The Hall–Kier alpha value is -4.61. The highest BCUT2D eigenvalue weighted by atomic mass is 32.2. The number of benzene rings is 1. The molecule has 0 aromatic heterocycles. The van der Waals surface area contributed by atoms with E-state index in [-0.39, 0.29) is 32.5 Å². The van der Waals surface area contributed by atoms with Crippen molar-refractivity contribution < 1.29 is 55.0 Å². The normalized spacial score (nSPS) is 29.0.